The van der Waals surface area contributed by atoms with E-state index >= 15 is 0 Å². The highest BCUT2D eigenvalue weighted by Crippen LogP contribution is 2.27. The van der Waals surface area contributed by atoms with Gasteiger partial charge in [0.1, 0.15) is 11.9 Å². The molecule has 9 heteroatoms. The zero-order chi connectivity index (χ0) is 19.7. The molecule has 0 fully saturated rings. The maximum absolute atomic E-state index is 13.8. The lowest BCUT2D eigenvalue weighted by Gasteiger charge is -2.24. The van der Waals surface area contributed by atoms with E-state index in [4.69, 9.17) is 9.47 Å². The van der Waals surface area contributed by atoms with Crippen molar-refractivity contribution in [2.24, 2.45) is 0 Å². The molecule has 4 rings (SSSR count). The first-order valence-electron chi connectivity index (χ1n) is 8.49. The van der Waals surface area contributed by atoms with E-state index in [1.165, 1.54) is 31.4 Å². The van der Waals surface area contributed by atoms with Gasteiger partial charge in [-0.3, -0.25) is 4.79 Å². The van der Waals surface area contributed by atoms with Gasteiger partial charge in [0.25, 0.3) is 5.91 Å². The Morgan fingerprint density at radius 2 is 2.04 bits per heavy atom. The predicted octanol–water partition coefficient (Wildman–Crippen LogP) is 3.09. The Morgan fingerprint density at radius 1 is 1.25 bits per heavy atom. The smallest absolute Gasteiger partial charge is 0.278 e. The van der Waals surface area contributed by atoms with Crippen molar-refractivity contribution in [2.45, 2.75) is 19.3 Å². The van der Waals surface area contributed by atoms with Crippen LogP contribution in [0.25, 0.3) is 0 Å². The van der Waals surface area contributed by atoms with E-state index in [1.54, 1.807) is 16.8 Å². The quantitative estimate of drug-likeness (QED) is 0.746. The molecular weight excluding hydrogens is 370 g/mol. The highest BCUT2D eigenvalue weighted by Gasteiger charge is 2.28. The van der Waals surface area contributed by atoms with Crippen LogP contribution in [0.2, 0.25) is 0 Å². The Kier molecular flexibility index (Phi) is 4.74. The van der Waals surface area contributed by atoms with Crippen LogP contribution >= 0.6 is 0 Å². The number of benzene rings is 2. The van der Waals surface area contributed by atoms with Crippen molar-refractivity contribution < 1.29 is 23.0 Å². The summed E-state index contributed by atoms with van der Waals surface area (Å²) in [5.74, 6) is -1.35. The first-order valence-corrected chi connectivity index (χ1v) is 8.49. The second-order valence-corrected chi connectivity index (χ2v) is 6.22. The maximum Gasteiger partial charge on any atom is 0.278 e. The summed E-state index contributed by atoms with van der Waals surface area (Å²) in [6, 6.07) is 10.1. The molecule has 1 atom stereocenters. The van der Waals surface area contributed by atoms with Crippen LogP contribution in [0.15, 0.2) is 42.5 Å². The number of ether oxygens (including phenoxy) is 2. The Hall–Kier alpha value is -3.33. The van der Waals surface area contributed by atoms with E-state index in [0.717, 1.165) is 11.6 Å². The Morgan fingerprint density at radius 3 is 2.75 bits per heavy atom. The summed E-state index contributed by atoms with van der Waals surface area (Å²) >= 11 is 0. The van der Waals surface area contributed by atoms with E-state index in [1.807, 2.05) is 0 Å². The SMILES string of the molecule is COc1ccc(NC(=O)c2nnn3c2COC(c2ccc(F)cc2)C3)cc1F. The molecule has 1 aromatic heterocycles. The molecule has 0 saturated heterocycles. The van der Waals surface area contributed by atoms with Crippen LogP contribution < -0.4 is 10.1 Å². The van der Waals surface area contributed by atoms with E-state index in [0.29, 0.717) is 12.2 Å². The molecule has 28 heavy (non-hydrogen) atoms. The topological polar surface area (TPSA) is 78.3 Å². The number of anilines is 1. The average molecular weight is 386 g/mol. The monoisotopic (exact) mass is 386 g/mol. The highest BCUT2D eigenvalue weighted by molar-refractivity contribution is 6.03. The summed E-state index contributed by atoms with van der Waals surface area (Å²) in [4.78, 5) is 12.5. The van der Waals surface area contributed by atoms with Crippen molar-refractivity contribution in [2.75, 3.05) is 12.4 Å². The minimum absolute atomic E-state index is 0.0827. The van der Waals surface area contributed by atoms with Gasteiger partial charge in [0.05, 0.1) is 26.0 Å². The van der Waals surface area contributed by atoms with Crippen molar-refractivity contribution in [3.8, 4) is 5.75 Å². The standard InChI is InChI=1S/C19H16F2N4O3/c1-27-16-7-6-13(8-14(16)21)22-19(26)18-15-10-28-17(9-25(15)24-23-18)11-2-4-12(20)5-3-11/h2-8,17H,9-10H2,1H3,(H,22,26). The third-order valence-electron chi connectivity index (χ3n) is 4.46. The van der Waals surface area contributed by atoms with Gasteiger partial charge in [0.2, 0.25) is 0 Å². The average Bonchev–Trinajstić information content (AvgIpc) is 3.12. The number of hydrogen-bond acceptors (Lipinski definition) is 5. The summed E-state index contributed by atoms with van der Waals surface area (Å²) in [5.41, 5.74) is 1.70. The third kappa shape index (κ3) is 3.44. The van der Waals surface area contributed by atoms with Crippen LogP contribution in [0.3, 0.4) is 0 Å². The second kappa shape index (κ2) is 7.35. The first kappa shape index (κ1) is 18.1. The van der Waals surface area contributed by atoms with Crippen molar-refractivity contribution in [3.63, 3.8) is 0 Å². The summed E-state index contributed by atoms with van der Waals surface area (Å²) in [6.45, 7) is 0.465. The summed E-state index contributed by atoms with van der Waals surface area (Å²) in [5, 5.41) is 10.5. The predicted molar refractivity (Wildman–Crippen MR) is 94.9 cm³/mol. The number of methoxy groups -OCH3 is 1. The molecule has 1 unspecified atom stereocenters. The number of halogens is 2. The van der Waals surface area contributed by atoms with Gasteiger partial charge in [0, 0.05) is 11.8 Å². The fourth-order valence-corrected chi connectivity index (χ4v) is 3.00. The number of nitrogens with zero attached hydrogens (tertiary/aromatic N) is 3. The van der Waals surface area contributed by atoms with E-state index < -0.39 is 11.7 Å². The van der Waals surface area contributed by atoms with Gasteiger partial charge in [-0.05, 0) is 29.8 Å². The van der Waals surface area contributed by atoms with Crippen LogP contribution in [0.4, 0.5) is 14.5 Å². The van der Waals surface area contributed by atoms with E-state index in [9.17, 15) is 13.6 Å². The molecule has 0 saturated carbocycles. The van der Waals surface area contributed by atoms with Gasteiger partial charge >= 0.3 is 0 Å². The molecule has 0 bridgehead atoms. The second-order valence-electron chi connectivity index (χ2n) is 6.22. The molecule has 1 N–H and O–H groups in total. The zero-order valence-electron chi connectivity index (χ0n) is 14.9. The molecule has 3 aromatic rings. The number of carbonyl (C=O) groups excluding carboxylic acids is 1. The van der Waals surface area contributed by atoms with Crippen molar-refractivity contribution in [1.29, 1.82) is 0 Å². The third-order valence-corrected chi connectivity index (χ3v) is 4.46. The normalized spacial score (nSPS) is 15.8. The minimum Gasteiger partial charge on any atom is -0.494 e. The number of fused-ring (bicyclic) bond motifs is 1. The fraction of sp³-hybridized carbons (Fsp3) is 0.211. The number of carbonyl (C=O) groups is 1. The Bertz CT molecular complexity index is 1020. The van der Waals surface area contributed by atoms with Crippen molar-refractivity contribution >= 4 is 11.6 Å². The summed E-state index contributed by atoms with van der Waals surface area (Å²) in [7, 11) is 1.36. The molecule has 2 aromatic carbocycles. The number of hydrogen-bond donors (Lipinski definition) is 1. The van der Waals surface area contributed by atoms with Crippen LogP contribution in [-0.4, -0.2) is 28.0 Å². The number of rotatable bonds is 4. The maximum atomic E-state index is 13.8. The van der Waals surface area contributed by atoms with Crippen LogP contribution in [0.1, 0.15) is 27.8 Å². The van der Waals surface area contributed by atoms with Gasteiger partial charge in [-0.1, -0.05) is 17.3 Å². The summed E-state index contributed by atoms with van der Waals surface area (Å²) in [6.07, 6.45) is -0.318. The molecular formula is C19H16F2N4O3. The number of nitrogens with one attached hydrogen (secondary N) is 1. The number of amides is 1. The lowest BCUT2D eigenvalue weighted by atomic mass is 10.1. The molecule has 2 heterocycles. The summed E-state index contributed by atoms with van der Waals surface area (Å²) < 4.78 is 39.1. The van der Waals surface area contributed by atoms with Gasteiger partial charge in [-0.2, -0.15) is 0 Å². The Balaban J connectivity index is 1.50. The minimum atomic E-state index is -0.587. The van der Waals surface area contributed by atoms with Crippen LogP contribution in [0, 0.1) is 11.6 Å². The van der Waals surface area contributed by atoms with Crippen LogP contribution in [0.5, 0.6) is 5.75 Å². The van der Waals surface area contributed by atoms with Crippen molar-refractivity contribution in [3.05, 3.63) is 71.1 Å². The number of aromatic nitrogens is 3. The van der Waals surface area contributed by atoms with E-state index in [2.05, 4.69) is 15.6 Å². The molecule has 1 aliphatic heterocycles. The molecule has 0 radical (unpaired) electrons. The van der Waals surface area contributed by atoms with Crippen molar-refractivity contribution in [1.82, 2.24) is 15.0 Å². The van der Waals surface area contributed by atoms with Gasteiger partial charge < -0.3 is 14.8 Å². The lowest BCUT2D eigenvalue weighted by molar-refractivity contribution is -0.00174. The molecule has 1 amide bonds. The van der Waals surface area contributed by atoms with Gasteiger partial charge in [-0.25, -0.2) is 13.5 Å². The molecule has 0 spiro atoms. The van der Waals surface area contributed by atoms with Gasteiger partial charge in [-0.15, -0.1) is 5.10 Å². The van der Waals surface area contributed by atoms with E-state index in [-0.39, 0.29) is 35.7 Å². The zero-order valence-corrected chi connectivity index (χ0v) is 14.9. The van der Waals surface area contributed by atoms with Crippen LogP contribution in [-0.2, 0) is 17.9 Å². The molecule has 7 nitrogen and oxygen atoms in total. The Labute approximate surface area is 158 Å². The first-order chi connectivity index (χ1) is 13.5. The molecule has 1 aliphatic rings. The highest BCUT2D eigenvalue weighted by atomic mass is 19.1. The largest absolute Gasteiger partial charge is 0.494 e. The van der Waals surface area contributed by atoms with Gasteiger partial charge in [0.15, 0.2) is 17.3 Å². The lowest BCUT2D eigenvalue weighted by Crippen LogP contribution is -2.24. The molecule has 144 valence electrons. The molecule has 0 aliphatic carbocycles. The fourth-order valence-electron chi connectivity index (χ4n) is 3.00.